The van der Waals surface area contributed by atoms with Crippen LogP contribution in [0.1, 0.15) is 23.2 Å². The number of nitrogens with zero attached hydrogens (tertiary/aromatic N) is 1. The van der Waals surface area contributed by atoms with Crippen LogP contribution in [0.3, 0.4) is 0 Å². The first-order valence-electron chi connectivity index (χ1n) is 4.08. The first-order valence-corrected chi connectivity index (χ1v) is 5.21. The van der Waals surface area contributed by atoms with Gasteiger partial charge in [-0.05, 0) is 11.6 Å². The number of pyridine rings is 1. The van der Waals surface area contributed by atoms with E-state index >= 15 is 0 Å². The lowest BCUT2D eigenvalue weighted by Gasteiger charge is -2.09. The van der Waals surface area contributed by atoms with Crippen molar-refractivity contribution >= 4 is 21.9 Å². The highest BCUT2D eigenvalue weighted by Crippen LogP contribution is 2.25. The molecule has 0 aromatic carbocycles. The van der Waals surface area contributed by atoms with Gasteiger partial charge in [0.15, 0.2) is 0 Å². The number of carboxylic acid groups (broad SMARTS) is 1. The lowest BCUT2D eigenvalue weighted by atomic mass is 10.0. The first kappa shape index (κ1) is 12.0. The second kappa shape index (κ2) is 5.16. The normalized spacial score (nSPS) is 10.7. The van der Waals surface area contributed by atoms with Crippen molar-refractivity contribution in [2.75, 3.05) is 0 Å². The van der Waals surface area contributed by atoms with Crippen LogP contribution in [0.5, 0.6) is 0 Å². The number of hydrogen-bond donors (Lipinski definition) is 1. The molecule has 0 unspecified atom stereocenters. The van der Waals surface area contributed by atoms with Crippen LogP contribution >= 0.6 is 15.9 Å². The molecule has 0 spiro atoms. The summed E-state index contributed by atoms with van der Waals surface area (Å²) in [6.07, 6.45) is -1.86. The zero-order valence-corrected chi connectivity index (χ0v) is 9.17. The molecule has 1 heterocycles. The molecule has 3 nitrogen and oxygen atoms in total. The van der Waals surface area contributed by atoms with E-state index < -0.39 is 18.8 Å². The molecule has 0 aliphatic carbocycles. The molecule has 0 radical (unpaired) electrons. The minimum Gasteiger partial charge on any atom is -0.481 e. The average Bonchev–Trinajstić information content (AvgIpc) is 2.16. The molecule has 1 aromatic heterocycles. The van der Waals surface area contributed by atoms with Crippen LogP contribution in [0.2, 0.25) is 0 Å². The van der Waals surface area contributed by atoms with Gasteiger partial charge >= 0.3 is 5.97 Å². The zero-order chi connectivity index (χ0) is 11.4. The van der Waals surface area contributed by atoms with Crippen molar-refractivity contribution in [3.63, 3.8) is 0 Å². The summed E-state index contributed by atoms with van der Waals surface area (Å²) in [6, 6.07) is 1.15. The van der Waals surface area contributed by atoms with Gasteiger partial charge in [-0.1, -0.05) is 15.9 Å². The fourth-order valence-electron chi connectivity index (χ4n) is 1.23. The number of carboxylic acids is 1. The predicted molar refractivity (Wildman–Crippen MR) is 53.2 cm³/mol. The Kier molecular flexibility index (Phi) is 4.14. The van der Waals surface area contributed by atoms with Crippen LogP contribution < -0.4 is 0 Å². The summed E-state index contributed by atoms with van der Waals surface area (Å²) in [4.78, 5) is 14.4. The Morgan fingerprint density at radius 2 is 2.27 bits per heavy atom. The molecule has 0 amide bonds. The summed E-state index contributed by atoms with van der Waals surface area (Å²) >= 11 is 3.08. The van der Waals surface area contributed by atoms with Gasteiger partial charge in [0.25, 0.3) is 6.43 Å². The lowest BCUT2D eigenvalue weighted by Crippen LogP contribution is -2.08. The molecule has 0 saturated carbocycles. The first-order chi connectivity index (χ1) is 7.06. The van der Waals surface area contributed by atoms with Crippen molar-refractivity contribution in [3.05, 3.63) is 29.1 Å². The Morgan fingerprint density at radius 1 is 1.60 bits per heavy atom. The Morgan fingerprint density at radius 3 is 2.73 bits per heavy atom. The Labute approximate surface area is 93.3 Å². The van der Waals surface area contributed by atoms with E-state index in [0.717, 1.165) is 6.07 Å². The maximum atomic E-state index is 12.6. The minimum absolute atomic E-state index is 0.0943. The van der Waals surface area contributed by atoms with E-state index in [-0.39, 0.29) is 16.5 Å². The second-order valence-corrected chi connectivity index (χ2v) is 3.39. The molecule has 1 N–H and O–H groups in total. The fraction of sp³-hybridized carbons (Fsp3) is 0.333. The van der Waals surface area contributed by atoms with E-state index in [4.69, 9.17) is 5.11 Å². The van der Waals surface area contributed by atoms with Crippen molar-refractivity contribution in [2.24, 2.45) is 0 Å². The molecule has 0 aliphatic heterocycles. The third-order valence-corrected chi connectivity index (χ3v) is 2.40. The van der Waals surface area contributed by atoms with Gasteiger partial charge in [0.05, 0.1) is 12.1 Å². The van der Waals surface area contributed by atoms with Gasteiger partial charge in [0.2, 0.25) is 0 Å². The van der Waals surface area contributed by atoms with Gasteiger partial charge in [-0.15, -0.1) is 0 Å². The Balaban J connectivity index is 3.20. The fourth-order valence-corrected chi connectivity index (χ4v) is 1.71. The SMILES string of the molecule is O=C(O)Cc1c(C(F)F)ccnc1CBr. The summed E-state index contributed by atoms with van der Waals surface area (Å²) in [7, 11) is 0. The van der Waals surface area contributed by atoms with Crippen LogP contribution in [0.4, 0.5) is 8.78 Å². The number of hydrogen-bond acceptors (Lipinski definition) is 2. The standard InChI is InChI=1S/C9H8BrF2NO2/c10-4-7-6(3-8(14)15)5(9(11)12)1-2-13-7/h1-2,9H,3-4H2,(H,14,15). The van der Waals surface area contributed by atoms with Gasteiger partial charge in [-0.2, -0.15) is 0 Å². The zero-order valence-electron chi connectivity index (χ0n) is 7.58. The van der Waals surface area contributed by atoms with Crippen molar-refractivity contribution in [1.29, 1.82) is 0 Å². The molecule has 1 aromatic rings. The van der Waals surface area contributed by atoms with Crippen LogP contribution in [-0.2, 0) is 16.5 Å². The summed E-state index contributed by atoms with van der Waals surface area (Å²) in [6.45, 7) is 0. The van der Waals surface area contributed by atoms with Crippen molar-refractivity contribution in [3.8, 4) is 0 Å². The van der Waals surface area contributed by atoms with Crippen LogP contribution in [0.25, 0.3) is 0 Å². The number of alkyl halides is 3. The Bertz CT molecular complexity index is 371. The average molecular weight is 280 g/mol. The number of halogens is 3. The minimum atomic E-state index is -2.68. The van der Waals surface area contributed by atoms with E-state index in [9.17, 15) is 13.6 Å². The maximum Gasteiger partial charge on any atom is 0.307 e. The topological polar surface area (TPSA) is 50.2 Å². The maximum absolute atomic E-state index is 12.6. The van der Waals surface area contributed by atoms with Gasteiger partial charge in [-0.25, -0.2) is 8.78 Å². The molecule has 1 rings (SSSR count). The highest BCUT2D eigenvalue weighted by molar-refractivity contribution is 9.08. The molecule has 6 heteroatoms. The third-order valence-electron chi connectivity index (χ3n) is 1.87. The quantitative estimate of drug-likeness (QED) is 0.862. The van der Waals surface area contributed by atoms with Crippen molar-refractivity contribution in [2.45, 2.75) is 18.2 Å². The molecule has 82 valence electrons. The third kappa shape index (κ3) is 2.95. The summed E-state index contributed by atoms with van der Waals surface area (Å²) in [5.74, 6) is -1.15. The highest BCUT2D eigenvalue weighted by atomic mass is 79.9. The smallest absolute Gasteiger partial charge is 0.307 e. The Hall–Kier alpha value is -1.04. The molecular weight excluding hydrogens is 272 g/mol. The lowest BCUT2D eigenvalue weighted by molar-refractivity contribution is -0.136. The van der Waals surface area contributed by atoms with Gasteiger partial charge in [0.1, 0.15) is 0 Å². The van der Waals surface area contributed by atoms with Crippen LogP contribution in [0, 0.1) is 0 Å². The van der Waals surface area contributed by atoms with Crippen LogP contribution in [-0.4, -0.2) is 16.1 Å². The number of rotatable bonds is 4. The molecule has 0 saturated heterocycles. The summed E-state index contributed by atoms with van der Waals surface area (Å²) in [5.41, 5.74) is 0.175. The highest BCUT2D eigenvalue weighted by Gasteiger charge is 2.18. The number of aromatic nitrogens is 1. The molecule has 0 aliphatic rings. The monoisotopic (exact) mass is 279 g/mol. The summed E-state index contributed by atoms with van der Waals surface area (Å²) < 4.78 is 25.1. The van der Waals surface area contributed by atoms with E-state index in [1.165, 1.54) is 6.20 Å². The molecular formula is C9H8BrF2NO2. The van der Waals surface area contributed by atoms with E-state index in [1.807, 2.05) is 0 Å². The van der Waals surface area contributed by atoms with Crippen LogP contribution in [0.15, 0.2) is 12.3 Å². The summed E-state index contributed by atoms with van der Waals surface area (Å²) in [5, 5.41) is 8.87. The molecule has 0 bridgehead atoms. The van der Waals surface area contributed by atoms with Crippen molar-refractivity contribution < 1.29 is 18.7 Å². The number of carbonyl (C=O) groups is 1. The van der Waals surface area contributed by atoms with E-state index in [1.54, 1.807) is 0 Å². The second-order valence-electron chi connectivity index (χ2n) is 2.83. The van der Waals surface area contributed by atoms with Crippen molar-refractivity contribution in [1.82, 2.24) is 4.98 Å². The van der Waals surface area contributed by atoms with Gasteiger partial charge in [-0.3, -0.25) is 9.78 Å². The van der Waals surface area contributed by atoms with E-state index in [0.29, 0.717) is 5.69 Å². The molecule has 0 fully saturated rings. The van der Waals surface area contributed by atoms with Gasteiger partial charge in [0, 0.05) is 17.1 Å². The predicted octanol–water partition coefficient (Wildman–Crippen LogP) is 2.54. The largest absolute Gasteiger partial charge is 0.481 e. The van der Waals surface area contributed by atoms with E-state index in [2.05, 4.69) is 20.9 Å². The molecule has 15 heavy (non-hydrogen) atoms. The molecule has 0 atom stereocenters. The number of aliphatic carboxylic acids is 1. The van der Waals surface area contributed by atoms with Gasteiger partial charge < -0.3 is 5.11 Å².